The lowest BCUT2D eigenvalue weighted by molar-refractivity contribution is -0.899. The van der Waals surface area contributed by atoms with Crippen molar-refractivity contribution in [3.05, 3.63) is 16.0 Å². The number of quaternary nitrogens is 1. The van der Waals surface area contributed by atoms with Gasteiger partial charge in [-0.15, -0.1) is 11.3 Å². The Kier molecular flexibility index (Phi) is 8.33. The van der Waals surface area contributed by atoms with Crippen molar-refractivity contribution in [2.45, 2.75) is 40.5 Å². The molecule has 1 fully saturated rings. The number of carbonyl (C=O) groups excluding carboxylic acids is 4. The maximum absolute atomic E-state index is 12.6. The molecule has 1 aliphatic rings. The predicted molar refractivity (Wildman–Crippen MR) is 109 cm³/mol. The number of nitrogens with one attached hydrogen (secondary N) is 2. The Balaban J connectivity index is 2.10. The molecule has 1 unspecified atom stereocenters. The average Bonchev–Trinajstić information content (AvgIpc) is 2.98. The zero-order valence-electron chi connectivity index (χ0n) is 17.4. The Labute approximate surface area is 174 Å². The van der Waals surface area contributed by atoms with Gasteiger partial charge in [0.15, 0.2) is 12.3 Å². The third-order valence-electron chi connectivity index (χ3n) is 4.85. The third-order valence-corrected chi connectivity index (χ3v) is 6.16. The van der Waals surface area contributed by atoms with Crippen molar-refractivity contribution in [3.63, 3.8) is 0 Å². The fraction of sp³-hybridized carbons (Fsp3) is 0.600. The van der Waals surface area contributed by atoms with Crippen LogP contribution in [-0.2, 0) is 19.1 Å². The molecule has 1 aromatic rings. The van der Waals surface area contributed by atoms with Gasteiger partial charge in [-0.25, -0.2) is 4.79 Å². The topological polar surface area (TPSA) is 103 Å². The van der Waals surface area contributed by atoms with E-state index in [0.717, 1.165) is 35.6 Å². The lowest BCUT2D eigenvalue weighted by Crippen LogP contribution is -3.14. The SMILES string of the molecule is CCOC(=O)c1c(NC(=O)C[NH+]2CCC[C@H](C(=O)OCC)C2)sc(C(C)=O)c1C. The van der Waals surface area contributed by atoms with E-state index in [2.05, 4.69) is 5.32 Å². The molecule has 2 N–H and O–H groups in total. The number of amides is 1. The molecule has 2 heterocycles. The molecule has 8 nitrogen and oxygen atoms in total. The van der Waals surface area contributed by atoms with Crippen LogP contribution in [0, 0.1) is 12.8 Å². The zero-order valence-corrected chi connectivity index (χ0v) is 18.2. The van der Waals surface area contributed by atoms with Crippen molar-refractivity contribution in [2.24, 2.45) is 5.92 Å². The van der Waals surface area contributed by atoms with E-state index in [1.165, 1.54) is 6.92 Å². The molecule has 9 heteroatoms. The van der Waals surface area contributed by atoms with Gasteiger partial charge in [-0.05, 0) is 46.1 Å². The fourth-order valence-electron chi connectivity index (χ4n) is 3.56. The molecule has 1 saturated heterocycles. The number of carbonyl (C=O) groups is 4. The van der Waals surface area contributed by atoms with Gasteiger partial charge in [-0.2, -0.15) is 0 Å². The van der Waals surface area contributed by atoms with Crippen molar-refractivity contribution in [3.8, 4) is 0 Å². The van der Waals surface area contributed by atoms with Crippen LogP contribution in [0.15, 0.2) is 0 Å². The number of anilines is 1. The van der Waals surface area contributed by atoms with Crippen molar-refractivity contribution in [2.75, 3.05) is 38.2 Å². The standard InChI is InChI=1S/C20H28N2O6S/c1-5-27-19(25)14-8-7-9-22(10-14)11-15(24)21-18-16(20(26)28-6-2)12(3)17(29-18)13(4)23/h14H,5-11H2,1-4H3,(H,21,24)/p+1/t14-/m0/s1. The van der Waals surface area contributed by atoms with Crippen molar-refractivity contribution >= 4 is 40.0 Å². The van der Waals surface area contributed by atoms with Crippen molar-refractivity contribution in [1.82, 2.24) is 0 Å². The summed E-state index contributed by atoms with van der Waals surface area (Å²) in [6, 6.07) is 0. The second-order valence-corrected chi connectivity index (χ2v) is 8.08. The first-order valence-corrected chi connectivity index (χ1v) is 10.7. The van der Waals surface area contributed by atoms with Gasteiger partial charge in [0.05, 0.1) is 36.7 Å². The van der Waals surface area contributed by atoms with Crippen molar-refractivity contribution in [1.29, 1.82) is 0 Å². The summed E-state index contributed by atoms with van der Waals surface area (Å²) in [6.07, 6.45) is 1.61. The summed E-state index contributed by atoms with van der Waals surface area (Å²) in [7, 11) is 0. The van der Waals surface area contributed by atoms with Gasteiger partial charge in [-0.1, -0.05) is 0 Å². The van der Waals surface area contributed by atoms with Crippen LogP contribution in [0.4, 0.5) is 5.00 Å². The summed E-state index contributed by atoms with van der Waals surface area (Å²) in [5, 5.41) is 3.10. The largest absolute Gasteiger partial charge is 0.466 e. The predicted octanol–water partition coefficient (Wildman–Crippen LogP) is 1.23. The van der Waals surface area contributed by atoms with Gasteiger partial charge in [0.2, 0.25) is 0 Å². The van der Waals surface area contributed by atoms with E-state index in [4.69, 9.17) is 9.47 Å². The Morgan fingerprint density at radius 3 is 2.48 bits per heavy atom. The van der Waals surface area contributed by atoms with E-state index < -0.39 is 5.97 Å². The van der Waals surface area contributed by atoms with Crippen LogP contribution in [-0.4, -0.2) is 56.5 Å². The molecule has 0 spiro atoms. The maximum atomic E-state index is 12.6. The van der Waals surface area contributed by atoms with Crippen LogP contribution in [0.3, 0.4) is 0 Å². The van der Waals surface area contributed by atoms with Crippen LogP contribution >= 0.6 is 11.3 Å². The van der Waals surface area contributed by atoms with Gasteiger partial charge in [-0.3, -0.25) is 14.4 Å². The lowest BCUT2D eigenvalue weighted by atomic mass is 9.98. The average molecular weight is 426 g/mol. The summed E-state index contributed by atoms with van der Waals surface area (Å²) in [5.41, 5.74) is 0.748. The van der Waals surface area contributed by atoms with E-state index >= 15 is 0 Å². The van der Waals surface area contributed by atoms with Crippen LogP contribution in [0.2, 0.25) is 0 Å². The minimum absolute atomic E-state index is 0.169. The molecule has 0 aliphatic carbocycles. The first-order chi connectivity index (χ1) is 13.8. The molecule has 29 heavy (non-hydrogen) atoms. The monoisotopic (exact) mass is 425 g/mol. The van der Waals surface area contributed by atoms with Crippen LogP contribution in [0.25, 0.3) is 0 Å². The normalized spacial score (nSPS) is 18.8. The number of thiophene rings is 1. The number of piperidine rings is 1. The number of ether oxygens (including phenoxy) is 2. The highest BCUT2D eigenvalue weighted by Crippen LogP contribution is 2.34. The van der Waals surface area contributed by atoms with Gasteiger partial charge < -0.3 is 19.7 Å². The Morgan fingerprint density at radius 1 is 1.17 bits per heavy atom. The quantitative estimate of drug-likeness (QED) is 0.480. The molecular weight excluding hydrogens is 396 g/mol. The Morgan fingerprint density at radius 2 is 1.86 bits per heavy atom. The first-order valence-electron chi connectivity index (χ1n) is 9.89. The molecule has 0 bridgehead atoms. The molecular formula is C20H29N2O6S+. The van der Waals surface area contributed by atoms with Gasteiger partial charge in [0, 0.05) is 0 Å². The number of hydrogen-bond donors (Lipinski definition) is 2. The maximum Gasteiger partial charge on any atom is 0.341 e. The summed E-state index contributed by atoms with van der Waals surface area (Å²) < 4.78 is 10.2. The van der Waals surface area contributed by atoms with Gasteiger partial charge in [0.25, 0.3) is 5.91 Å². The number of rotatable bonds is 8. The molecule has 2 atom stereocenters. The Bertz CT molecular complexity index is 788. The highest BCUT2D eigenvalue weighted by molar-refractivity contribution is 7.18. The fourth-order valence-corrected chi connectivity index (χ4v) is 4.66. The van der Waals surface area contributed by atoms with Crippen LogP contribution in [0.1, 0.15) is 59.2 Å². The number of esters is 2. The molecule has 1 aromatic heterocycles. The van der Waals surface area contributed by atoms with Crippen molar-refractivity contribution < 1.29 is 33.6 Å². The molecule has 2 rings (SSSR count). The summed E-state index contributed by atoms with van der Waals surface area (Å²) in [5.74, 6) is -1.41. The molecule has 160 valence electrons. The molecule has 1 amide bonds. The third kappa shape index (κ3) is 5.86. The van der Waals surface area contributed by atoms with E-state index in [-0.39, 0.29) is 42.3 Å². The minimum Gasteiger partial charge on any atom is -0.466 e. The van der Waals surface area contributed by atoms with Crippen LogP contribution < -0.4 is 10.2 Å². The number of hydrogen-bond acceptors (Lipinski definition) is 7. The minimum atomic E-state index is -0.559. The second-order valence-electron chi connectivity index (χ2n) is 7.06. The van der Waals surface area contributed by atoms with E-state index in [1.807, 2.05) is 0 Å². The van der Waals surface area contributed by atoms with Gasteiger partial charge >= 0.3 is 11.9 Å². The summed E-state index contributed by atoms with van der Waals surface area (Å²) in [6.45, 7) is 8.62. The number of likely N-dealkylation sites (tertiary alicyclic amines) is 1. The Hall–Kier alpha value is -2.26. The van der Waals surface area contributed by atoms with E-state index in [1.54, 1.807) is 20.8 Å². The second kappa shape index (κ2) is 10.5. The summed E-state index contributed by atoms with van der Waals surface area (Å²) in [4.78, 5) is 50.2. The first kappa shape index (κ1) is 23.0. The molecule has 0 aromatic carbocycles. The number of ketones is 1. The highest BCUT2D eigenvalue weighted by atomic mass is 32.1. The zero-order chi connectivity index (χ0) is 21.6. The number of Topliss-reactive ketones (excluding diaryl/α,β-unsaturated/α-hetero) is 1. The lowest BCUT2D eigenvalue weighted by Gasteiger charge is -2.28. The smallest absolute Gasteiger partial charge is 0.341 e. The molecule has 1 aliphatic heterocycles. The molecule has 0 radical (unpaired) electrons. The van der Waals surface area contributed by atoms with E-state index in [0.29, 0.717) is 28.6 Å². The summed E-state index contributed by atoms with van der Waals surface area (Å²) >= 11 is 1.09. The van der Waals surface area contributed by atoms with Crippen LogP contribution in [0.5, 0.6) is 0 Å². The van der Waals surface area contributed by atoms with E-state index in [9.17, 15) is 19.2 Å². The molecule has 0 saturated carbocycles. The highest BCUT2D eigenvalue weighted by Gasteiger charge is 2.31. The van der Waals surface area contributed by atoms with Gasteiger partial charge in [0.1, 0.15) is 10.9 Å².